The highest BCUT2D eigenvalue weighted by atomic mass is 32.2. The number of amides is 2. The van der Waals surface area contributed by atoms with E-state index in [9.17, 15) is 14.0 Å². The minimum Gasteiger partial charge on any atom is -0.270 e. The van der Waals surface area contributed by atoms with Gasteiger partial charge in [0.1, 0.15) is 5.82 Å². The van der Waals surface area contributed by atoms with E-state index in [0.29, 0.717) is 27.7 Å². The third-order valence-electron chi connectivity index (χ3n) is 4.95. The summed E-state index contributed by atoms with van der Waals surface area (Å²) >= 11 is 1.24. The van der Waals surface area contributed by atoms with E-state index in [1.807, 2.05) is 34.9 Å². The molecule has 0 N–H and O–H groups in total. The molecule has 4 aromatic rings. The molecule has 0 fully saturated rings. The number of hydrogen-bond acceptors (Lipinski definition) is 5. The van der Waals surface area contributed by atoms with Gasteiger partial charge in [-0.1, -0.05) is 42.1 Å². The van der Waals surface area contributed by atoms with Crippen LogP contribution in [0.25, 0.3) is 17.1 Å². The molecule has 2 heterocycles. The Bertz CT molecular complexity index is 1250. The molecular formula is C23H15FN4O2S. The number of carbonyl (C=O) groups is 2. The lowest BCUT2D eigenvalue weighted by molar-refractivity contribution is 0.0684. The van der Waals surface area contributed by atoms with Crippen LogP contribution in [0.5, 0.6) is 0 Å². The zero-order valence-corrected chi connectivity index (χ0v) is 16.9. The van der Waals surface area contributed by atoms with Crippen LogP contribution in [0, 0.1) is 5.82 Å². The normalized spacial score (nSPS) is 13.0. The highest BCUT2D eigenvalue weighted by Crippen LogP contribution is 2.30. The van der Waals surface area contributed by atoms with Crippen molar-refractivity contribution >= 4 is 23.6 Å². The van der Waals surface area contributed by atoms with E-state index in [0.717, 1.165) is 5.69 Å². The van der Waals surface area contributed by atoms with Crippen molar-refractivity contribution in [1.82, 2.24) is 19.7 Å². The lowest BCUT2D eigenvalue weighted by Crippen LogP contribution is -2.29. The summed E-state index contributed by atoms with van der Waals surface area (Å²) in [5.41, 5.74) is 2.33. The van der Waals surface area contributed by atoms with Gasteiger partial charge in [-0.2, -0.15) is 0 Å². The fraction of sp³-hybridized carbons (Fsp3) is 0.0435. The Morgan fingerprint density at radius 3 is 2.03 bits per heavy atom. The Balaban J connectivity index is 1.48. The van der Waals surface area contributed by atoms with E-state index >= 15 is 0 Å². The summed E-state index contributed by atoms with van der Waals surface area (Å²) in [4.78, 5) is 26.5. The molecule has 0 aliphatic carbocycles. The number of thioether (sulfide) groups is 1. The summed E-state index contributed by atoms with van der Waals surface area (Å²) in [5, 5.41) is 9.10. The van der Waals surface area contributed by atoms with Crippen LogP contribution in [0.2, 0.25) is 0 Å². The van der Waals surface area contributed by atoms with Gasteiger partial charge in [0.2, 0.25) is 0 Å². The molecule has 31 heavy (non-hydrogen) atoms. The van der Waals surface area contributed by atoms with Gasteiger partial charge in [0.15, 0.2) is 11.0 Å². The van der Waals surface area contributed by atoms with Gasteiger partial charge in [0, 0.05) is 11.3 Å². The molecule has 0 atom stereocenters. The van der Waals surface area contributed by atoms with Gasteiger partial charge in [-0.3, -0.25) is 19.1 Å². The molecule has 0 radical (unpaired) electrons. The average molecular weight is 430 g/mol. The third kappa shape index (κ3) is 3.40. The minimum absolute atomic E-state index is 0.0979. The van der Waals surface area contributed by atoms with E-state index in [1.165, 1.54) is 28.8 Å². The molecule has 5 rings (SSSR count). The molecule has 2 amide bonds. The highest BCUT2D eigenvalue weighted by Gasteiger charge is 2.35. The molecule has 6 nitrogen and oxygen atoms in total. The first kappa shape index (κ1) is 19.2. The number of para-hydroxylation sites is 1. The van der Waals surface area contributed by atoms with Gasteiger partial charge in [-0.25, -0.2) is 4.39 Å². The van der Waals surface area contributed by atoms with Crippen LogP contribution < -0.4 is 0 Å². The van der Waals surface area contributed by atoms with Crippen molar-refractivity contribution in [3.8, 4) is 17.1 Å². The molecule has 1 aromatic heterocycles. The van der Waals surface area contributed by atoms with Crippen molar-refractivity contribution in [2.45, 2.75) is 5.16 Å². The van der Waals surface area contributed by atoms with Gasteiger partial charge in [-0.05, 0) is 48.5 Å². The Kier molecular flexibility index (Phi) is 4.83. The van der Waals surface area contributed by atoms with Crippen molar-refractivity contribution < 1.29 is 14.0 Å². The molecule has 0 spiro atoms. The fourth-order valence-electron chi connectivity index (χ4n) is 3.44. The largest absolute Gasteiger partial charge is 0.270 e. The van der Waals surface area contributed by atoms with Gasteiger partial charge in [0.25, 0.3) is 11.8 Å². The Morgan fingerprint density at radius 1 is 0.774 bits per heavy atom. The van der Waals surface area contributed by atoms with E-state index in [1.54, 1.807) is 36.4 Å². The third-order valence-corrected chi connectivity index (χ3v) is 5.86. The van der Waals surface area contributed by atoms with Gasteiger partial charge >= 0.3 is 0 Å². The van der Waals surface area contributed by atoms with Crippen molar-refractivity contribution in [1.29, 1.82) is 0 Å². The van der Waals surface area contributed by atoms with Crippen LogP contribution in [-0.4, -0.2) is 37.4 Å². The second kappa shape index (κ2) is 7.81. The molecule has 0 saturated carbocycles. The molecule has 152 valence electrons. The van der Waals surface area contributed by atoms with Crippen LogP contribution in [-0.2, 0) is 0 Å². The molecule has 0 unspecified atom stereocenters. The first-order chi connectivity index (χ1) is 15.1. The number of carbonyl (C=O) groups excluding carboxylic acids is 2. The summed E-state index contributed by atoms with van der Waals surface area (Å²) < 4.78 is 15.2. The molecule has 0 saturated heterocycles. The predicted octanol–water partition coefficient (Wildman–Crippen LogP) is 4.42. The number of rotatable bonds is 5. The Morgan fingerprint density at radius 2 is 1.39 bits per heavy atom. The van der Waals surface area contributed by atoms with Crippen LogP contribution in [0.15, 0.2) is 84.0 Å². The average Bonchev–Trinajstić information content (AvgIpc) is 3.33. The molecule has 3 aromatic carbocycles. The van der Waals surface area contributed by atoms with Crippen LogP contribution >= 0.6 is 11.8 Å². The molecule has 0 bridgehead atoms. The maximum absolute atomic E-state index is 13.4. The molecule has 1 aliphatic heterocycles. The topological polar surface area (TPSA) is 68.1 Å². The van der Waals surface area contributed by atoms with Gasteiger partial charge < -0.3 is 0 Å². The van der Waals surface area contributed by atoms with Gasteiger partial charge in [0.05, 0.1) is 17.0 Å². The monoisotopic (exact) mass is 430 g/mol. The smallest absolute Gasteiger partial charge is 0.262 e. The summed E-state index contributed by atoms with van der Waals surface area (Å²) in [6.07, 6.45) is 0. The van der Waals surface area contributed by atoms with Gasteiger partial charge in [-0.15, -0.1) is 10.2 Å². The fourth-order valence-corrected chi connectivity index (χ4v) is 4.34. The SMILES string of the molecule is O=C1c2ccccc2C(=O)N1CSc1nnc(-c2ccc(F)cc2)n1-c1ccccc1. The summed E-state index contributed by atoms with van der Waals surface area (Å²) in [6.45, 7) is 0. The van der Waals surface area contributed by atoms with Crippen LogP contribution in [0.4, 0.5) is 4.39 Å². The molecular weight excluding hydrogens is 415 g/mol. The summed E-state index contributed by atoms with van der Waals surface area (Å²) in [5.74, 6) is -0.345. The molecule has 8 heteroatoms. The maximum atomic E-state index is 13.4. The lowest BCUT2D eigenvalue weighted by Gasteiger charge is -2.14. The number of halogens is 1. The van der Waals surface area contributed by atoms with Crippen molar-refractivity contribution in [2.75, 3.05) is 5.88 Å². The second-order valence-electron chi connectivity index (χ2n) is 6.84. The molecule has 1 aliphatic rings. The van der Waals surface area contributed by atoms with E-state index in [2.05, 4.69) is 10.2 Å². The van der Waals surface area contributed by atoms with E-state index in [-0.39, 0.29) is 23.5 Å². The Hall–Kier alpha value is -3.78. The maximum Gasteiger partial charge on any atom is 0.262 e. The minimum atomic E-state index is -0.338. The number of imide groups is 1. The zero-order chi connectivity index (χ0) is 21.4. The number of aromatic nitrogens is 3. The van der Waals surface area contributed by atoms with E-state index < -0.39 is 0 Å². The number of fused-ring (bicyclic) bond motifs is 1. The Labute approximate surface area is 181 Å². The first-order valence-corrected chi connectivity index (χ1v) is 10.5. The van der Waals surface area contributed by atoms with Crippen molar-refractivity contribution in [2.24, 2.45) is 0 Å². The summed E-state index contributed by atoms with van der Waals surface area (Å²) in [7, 11) is 0. The predicted molar refractivity (Wildman–Crippen MR) is 114 cm³/mol. The standard InChI is InChI=1S/C23H15FN4O2S/c24-16-12-10-15(11-13-16)20-25-26-23(28(20)17-6-2-1-3-7-17)31-14-27-21(29)18-8-4-5-9-19(18)22(27)30/h1-13H,14H2. The van der Waals surface area contributed by atoms with E-state index in [4.69, 9.17) is 0 Å². The van der Waals surface area contributed by atoms with Crippen molar-refractivity contribution in [3.05, 3.63) is 95.8 Å². The van der Waals surface area contributed by atoms with Crippen molar-refractivity contribution in [3.63, 3.8) is 0 Å². The summed E-state index contributed by atoms with van der Waals surface area (Å²) in [6, 6.07) is 22.3. The highest BCUT2D eigenvalue weighted by molar-refractivity contribution is 7.99. The van der Waals surface area contributed by atoms with Crippen LogP contribution in [0.3, 0.4) is 0 Å². The first-order valence-electron chi connectivity index (χ1n) is 9.48. The van der Waals surface area contributed by atoms with Crippen LogP contribution in [0.1, 0.15) is 20.7 Å². The zero-order valence-electron chi connectivity index (χ0n) is 16.1. The quantitative estimate of drug-likeness (QED) is 0.346. The number of nitrogens with zero attached hydrogens (tertiary/aromatic N) is 4. The number of hydrogen-bond donors (Lipinski definition) is 0. The second-order valence-corrected chi connectivity index (χ2v) is 7.75. The number of benzene rings is 3. The lowest BCUT2D eigenvalue weighted by atomic mass is 10.1.